The van der Waals surface area contributed by atoms with Crippen LogP contribution in [0.4, 0.5) is 0 Å². The number of para-hydroxylation sites is 1. The van der Waals surface area contributed by atoms with Gasteiger partial charge in [0.1, 0.15) is 11.9 Å². The summed E-state index contributed by atoms with van der Waals surface area (Å²) >= 11 is 0. The number of carboxylic acid groups (broad SMARTS) is 1. The lowest BCUT2D eigenvalue weighted by molar-refractivity contribution is -0.185. The number of hydrogen-bond donors (Lipinski definition) is 1. The number of carbonyl (C=O) groups excluding carboxylic acids is 1. The Hall–Kier alpha value is -2.04. The highest BCUT2D eigenvalue weighted by atomic mass is 16.5. The molecular weight excluding hydrogens is 260 g/mol. The first-order valence-electron chi connectivity index (χ1n) is 6.60. The van der Waals surface area contributed by atoms with Crippen molar-refractivity contribution in [2.45, 2.75) is 38.9 Å². The molecule has 0 atom stereocenters. The van der Waals surface area contributed by atoms with E-state index in [-0.39, 0.29) is 25.0 Å². The molecule has 1 aliphatic rings. The van der Waals surface area contributed by atoms with Crippen LogP contribution < -0.4 is 4.74 Å². The van der Waals surface area contributed by atoms with E-state index in [0.717, 1.165) is 0 Å². The second-order valence-electron chi connectivity index (χ2n) is 5.30. The summed E-state index contributed by atoms with van der Waals surface area (Å²) in [6.45, 7) is 3.40. The minimum absolute atomic E-state index is 0.142. The second-order valence-corrected chi connectivity index (χ2v) is 5.30. The molecule has 0 bridgehead atoms. The zero-order valence-corrected chi connectivity index (χ0v) is 11.5. The maximum atomic E-state index is 11.9. The monoisotopic (exact) mass is 278 g/mol. The first-order chi connectivity index (χ1) is 9.44. The van der Waals surface area contributed by atoms with E-state index >= 15 is 0 Å². The SMILES string of the molecule is CC(C)OC(=O)C1(C(=O)O)CC(Oc2ccccc2)C1. The highest BCUT2D eigenvalue weighted by Crippen LogP contribution is 2.44. The molecule has 0 heterocycles. The molecule has 0 radical (unpaired) electrons. The fourth-order valence-electron chi connectivity index (χ4n) is 2.25. The molecule has 0 spiro atoms. The molecule has 1 aliphatic carbocycles. The molecular formula is C15H18O5. The summed E-state index contributed by atoms with van der Waals surface area (Å²) < 4.78 is 10.7. The summed E-state index contributed by atoms with van der Waals surface area (Å²) in [7, 11) is 0. The molecule has 0 saturated heterocycles. The van der Waals surface area contributed by atoms with Crippen LogP contribution in [-0.2, 0) is 14.3 Å². The molecule has 5 heteroatoms. The van der Waals surface area contributed by atoms with Crippen molar-refractivity contribution in [2.75, 3.05) is 0 Å². The third kappa shape index (κ3) is 2.76. The zero-order chi connectivity index (χ0) is 14.8. The van der Waals surface area contributed by atoms with Crippen molar-refractivity contribution in [2.24, 2.45) is 5.41 Å². The lowest BCUT2D eigenvalue weighted by Gasteiger charge is -2.41. The van der Waals surface area contributed by atoms with Gasteiger partial charge in [-0.25, -0.2) is 0 Å². The minimum Gasteiger partial charge on any atom is -0.490 e. The largest absolute Gasteiger partial charge is 0.490 e. The van der Waals surface area contributed by atoms with Gasteiger partial charge in [-0.2, -0.15) is 0 Å². The Morgan fingerprint density at radius 3 is 2.35 bits per heavy atom. The van der Waals surface area contributed by atoms with Gasteiger partial charge in [0.2, 0.25) is 0 Å². The predicted molar refractivity (Wildman–Crippen MR) is 71.4 cm³/mol. The van der Waals surface area contributed by atoms with E-state index in [9.17, 15) is 14.7 Å². The second kappa shape index (κ2) is 5.53. The van der Waals surface area contributed by atoms with Gasteiger partial charge in [0.25, 0.3) is 0 Å². The van der Waals surface area contributed by atoms with E-state index in [4.69, 9.17) is 9.47 Å². The summed E-state index contributed by atoms with van der Waals surface area (Å²) in [5.41, 5.74) is -1.45. The third-order valence-corrected chi connectivity index (χ3v) is 3.34. The molecule has 0 aliphatic heterocycles. The van der Waals surface area contributed by atoms with Crippen LogP contribution in [0.2, 0.25) is 0 Å². The van der Waals surface area contributed by atoms with Gasteiger partial charge in [0.05, 0.1) is 6.10 Å². The molecule has 0 aromatic heterocycles. The lowest BCUT2D eigenvalue weighted by atomic mass is 9.66. The molecule has 1 aromatic rings. The normalized spacial score (nSPS) is 24.9. The first kappa shape index (κ1) is 14.4. The van der Waals surface area contributed by atoms with Crippen LogP contribution in [0.3, 0.4) is 0 Å². The highest BCUT2D eigenvalue weighted by molar-refractivity contribution is 6.00. The van der Waals surface area contributed by atoms with Gasteiger partial charge in [-0.05, 0) is 26.0 Å². The van der Waals surface area contributed by atoms with E-state index < -0.39 is 17.4 Å². The number of aliphatic carboxylic acids is 1. The zero-order valence-electron chi connectivity index (χ0n) is 11.5. The number of rotatable bonds is 5. The fraction of sp³-hybridized carbons (Fsp3) is 0.467. The van der Waals surface area contributed by atoms with Crippen LogP contribution >= 0.6 is 0 Å². The molecule has 2 rings (SSSR count). The quantitative estimate of drug-likeness (QED) is 0.660. The van der Waals surface area contributed by atoms with Crippen LogP contribution in [0.1, 0.15) is 26.7 Å². The predicted octanol–water partition coefficient (Wildman–Crippen LogP) is 2.25. The van der Waals surface area contributed by atoms with Crippen molar-refractivity contribution in [3.8, 4) is 5.75 Å². The Bertz CT molecular complexity index is 488. The van der Waals surface area contributed by atoms with Gasteiger partial charge >= 0.3 is 11.9 Å². The highest BCUT2D eigenvalue weighted by Gasteiger charge is 2.59. The fourth-order valence-corrected chi connectivity index (χ4v) is 2.25. The Kier molecular flexibility index (Phi) is 3.97. The maximum Gasteiger partial charge on any atom is 0.324 e. The Balaban J connectivity index is 1.99. The average molecular weight is 278 g/mol. The van der Waals surface area contributed by atoms with Crippen LogP contribution in [-0.4, -0.2) is 29.3 Å². The molecule has 1 fully saturated rings. The van der Waals surface area contributed by atoms with Gasteiger partial charge in [-0.15, -0.1) is 0 Å². The molecule has 0 amide bonds. The van der Waals surface area contributed by atoms with E-state index in [1.54, 1.807) is 26.0 Å². The van der Waals surface area contributed by atoms with Crippen LogP contribution in [0, 0.1) is 5.41 Å². The molecule has 108 valence electrons. The molecule has 1 aromatic carbocycles. The van der Waals surface area contributed by atoms with Crippen LogP contribution in [0.5, 0.6) is 5.75 Å². The molecule has 0 unspecified atom stereocenters. The van der Waals surface area contributed by atoms with Crippen LogP contribution in [0.15, 0.2) is 30.3 Å². The molecule has 1 saturated carbocycles. The number of ether oxygens (including phenoxy) is 2. The minimum atomic E-state index is -1.45. The van der Waals surface area contributed by atoms with E-state index in [2.05, 4.69) is 0 Å². The maximum absolute atomic E-state index is 11.9. The van der Waals surface area contributed by atoms with Gasteiger partial charge in [-0.1, -0.05) is 18.2 Å². The lowest BCUT2D eigenvalue weighted by Crippen LogP contribution is -2.55. The number of carbonyl (C=O) groups is 2. The van der Waals surface area contributed by atoms with Crippen LogP contribution in [0.25, 0.3) is 0 Å². The molecule has 1 N–H and O–H groups in total. The summed E-state index contributed by atoms with van der Waals surface area (Å²) in [5.74, 6) is -1.14. The summed E-state index contributed by atoms with van der Waals surface area (Å²) in [6, 6.07) is 9.15. The van der Waals surface area contributed by atoms with Gasteiger partial charge in [0.15, 0.2) is 5.41 Å². The third-order valence-electron chi connectivity index (χ3n) is 3.34. The van der Waals surface area contributed by atoms with Crippen molar-refractivity contribution in [3.05, 3.63) is 30.3 Å². The van der Waals surface area contributed by atoms with Crippen molar-refractivity contribution in [1.29, 1.82) is 0 Å². The molecule has 20 heavy (non-hydrogen) atoms. The van der Waals surface area contributed by atoms with Crippen molar-refractivity contribution < 1.29 is 24.2 Å². The first-order valence-corrected chi connectivity index (χ1v) is 6.60. The Morgan fingerprint density at radius 2 is 1.85 bits per heavy atom. The van der Waals surface area contributed by atoms with E-state index in [0.29, 0.717) is 5.75 Å². The number of esters is 1. The van der Waals surface area contributed by atoms with E-state index in [1.807, 2.05) is 18.2 Å². The van der Waals surface area contributed by atoms with Gasteiger partial charge < -0.3 is 14.6 Å². The van der Waals surface area contributed by atoms with Gasteiger partial charge in [-0.3, -0.25) is 9.59 Å². The average Bonchev–Trinajstić information content (AvgIpc) is 2.32. The summed E-state index contributed by atoms with van der Waals surface area (Å²) in [5, 5.41) is 9.29. The number of hydrogen-bond acceptors (Lipinski definition) is 4. The van der Waals surface area contributed by atoms with Crippen molar-refractivity contribution in [3.63, 3.8) is 0 Å². The summed E-state index contributed by atoms with van der Waals surface area (Å²) in [4.78, 5) is 23.3. The standard InChI is InChI=1S/C15H18O5/c1-10(2)19-14(18)15(13(16)17)8-12(9-15)20-11-6-4-3-5-7-11/h3-7,10,12H,8-9H2,1-2H3,(H,16,17). The van der Waals surface area contributed by atoms with Crippen molar-refractivity contribution >= 4 is 11.9 Å². The van der Waals surface area contributed by atoms with E-state index in [1.165, 1.54) is 0 Å². The number of carboxylic acids is 1. The molecule has 5 nitrogen and oxygen atoms in total. The topological polar surface area (TPSA) is 72.8 Å². The smallest absolute Gasteiger partial charge is 0.324 e. The summed E-state index contributed by atoms with van der Waals surface area (Å²) in [6.07, 6.45) is -0.313. The Labute approximate surface area is 117 Å². The Morgan fingerprint density at radius 1 is 1.25 bits per heavy atom. The van der Waals surface area contributed by atoms with Crippen molar-refractivity contribution in [1.82, 2.24) is 0 Å². The number of benzene rings is 1. The van der Waals surface area contributed by atoms with Gasteiger partial charge in [0, 0.05) is 12.8 Å².